The predicted molar refractivity (Wildman–Crippen MR) is 69.7 cm³/mol. The zero-order chi connectivity index (χ0) is 12.3. The number of aliphatic hydroxyl groups excluding tert-OH is 1. The maximum absolute atomic E-state index is 11.7. The summed E-state index contributed by atoms with van der Waals surface area (Å²) in [4.78, 5) is 11.7. The molecule has 1 aliphatic rings. The van der Waals surface area contributed by atoms with Gasteiger partial charge in [-0.15, -0.1) is 0 Å². The van der Waals surface area contributed by atoms with Gasteiger partial charge in [0, 0.05) is 10.9 Å². The van der Waals surface area contributed by atoms with Gasteiger partial charge in [-0.3, -0.25) is 4.79 Å². The number of aliphatic hydroxyl groups is 1. The van der Waals surface area contributed by atoms with Crippen LogP contribution in [0.1, 0.15) is 24.8 Å². The van der Waals surface area contributed by atoms with E-state index >= 15 is 0 Å². The van der Waals surface area contributed by atoms with E-state index < -0.39 is 0 Å². The molecule has 0 aromatic heterocycles. The van der Waals surface area contributed by atoms with Crippen molar-refractivity contribution in [2.24, 2.45) is 0 Å². The largest absolute Gasteiger partial charge is 0.394 e. The van der Waals surface area contributed by atoms with Crippen molar-refractivity contribution in [2.75, 3.05) is 6.61 Å². The smallest absolute Gasteiger partial charge is 0.220 e. The molecule has 2 rings (SSSR count). The highest BCUT2D eigenvalue weighted by atomic mass is 79.9. The summed E-state index contributed by atoms with van der Waals surface area (Å²) in [7, 11) is 0. The van der Waals surface area contributed by atoms with Gasteiger partial charge in [0.1, 0.15) is 0 Å². The van der Waals surface area contributed by atoms with Crippen LogP contribution in [0.4, 0.5) is 0 Å². The van der Waals surface area contributed by atoms with Crippen LogP contribution in [0.3, 0.4) is 0 Å². The second-order valence-electron chi connectivity index (χ2n) is 4.62. The lowest BCUT2D eigenvalue weighted by Gasteiger charge is -2.14. The summed E-state index contributed by atoms with van der Waals surface area (Å²) >= 11 is 3.41. The molecule has 0 atom stereocenters. The van der Waals surface area contributed by atoms with Crippen molar-refractivity contribution in [3.8, 4) is 0 Å². The van der Waals surface area contributed by atoms with Crippen molar-refractivity contribution < 1.29 is 9.90 Å². The third kappa shape index (κ3) is 3.54. The Morgan fingerprint density at radius 3 is 2.82 bits per heavy atom. The first-order chi connectivity index (χ1) is 8.13. The molecule has 0 unspecified atom stereocenters. The first-order valence-electron chi connectivity index (χ1n) is 5.80. The first-order valence-corrected chi connectivity index (χ1v) is 6.59. The molecule has 0 bridgehead atoms. The molecular weight excluding hydrogens is 282 g/mol. The number of hydrogen-bond acceptors (Lipinski definition) is 2. The molecule has 1 saturated carbocycles. The minimum absolute atomic E-state index is 0.0246. The van der Waals surface area contributed by atoms with E-state index in [9.17, 15) is 4.79 Å². The van der Waals surface area contributed by atoms with Crippen LogP contribution in [-0.2, 0) is 11.2 Å². The second kappa shape index (κ2) is 5.19. The van der Waals surface area contributed by atoms with Crippen molar-refractivity contribution in [1.29, 1.82) is 0 Å². The maximum atomic E-state index is 11.7. The molecule has 0 radical (unpaired) electrons. The molecule has 92 valence electrons. The van der Waals surface area contributed by atoms with Crippen molar-refractivity contribution in [1.82, 2.24) is 5.32 Å². The highest BCUT2D eigenvalue weighted by Crippen LogP contribution is 2.34. The first kappa shape index (κ1) is 12.6. The molecule has 0 saturated heterocycles. The van der Waals surface area contributed by atoms with E-state index in [-0.39, 0.29) is 18.1 Å². The number of nitrogens with one attached hydrogen (secondary N) is 1. The predicted octanol–water partition coefficient (Wildman–Crippen LogP) is 2.02. The van der Waals surface area contributed by atoms with Gasteiger partial charge in [-0.25, -0.2) is 0 Å². The molecule has 1 fully saturated rings. The number of rotatable bonds is 5. The average molecular weight is 298 g/mol. The van der Waals surface area contributed by atoms with Gasteiger partial charge >= 0.3 is 0 Å². The molecule has 1 amide bonds. The van der Waals surface area contributed by atoms with Crippen LogP contribution in [0.2, 0.25) is 0 Å². The van der Waals surface area contributed by atoms with Gasteiger partial charge in [0.25, 0.3) is 0 Å². The number of carbonyl (C=O) groups excluding carboxylic acids is 1. The lowest BCUT2D eigenvalue weighted by atomic mass is 10.1. The zero-order valence-corrected chi connectivity index (χ0v) is 11.2. The van der Waals surface area contributed by atoms with Crippen LogP contribution in [-0.4, -0.2) is 23.2 Å². The Labute approximate surface area is 109 Å². The minimum Gasteiger partial charge on any atom is -0.394 e. The average Bonchev–Trinajstić information content (AvgIpc) is 3.07. The number of benzene rings is 1. The van der Waals surface area contributed by atoms with E-state index in [0.717, 1.165) is 29.3 Å². The van der Waals surface area contributed by atoms with Crippen LogP contribution >= 0.6 is 15.9 Å². The van der Waals surface area contributed by atoms with Crippen molar-refractivity contribution in [3.63, 3.8) is 0 Å². The number of hydrogen-bond donors (Lipinski definition) is 2. The van der Waals surface area contributed by atoms with Gasteiger partial charge in [0.05, 0.1) is 12.1 Å². The van der Waals surface area contributed by atoms with E-state index in [1.54, 1.807) is 0 Å². The lowest BCUT2D eigenvalue weighted by Crippen LogP contribution is -2.39. The zero-order valence-electron chi connectivity index (χ0n) is 9.58. The fraction of sp³-hybridized carbons (Fsp3) is 0.462. The lowest BCUT2D eigenvalue weighted by molar-refractivity contribution is -0.122. The Hall–Kier alpha value is -0.870. The monoisotopic (exact) mass is 297 g/mol. The third-order valence-corrected chi connectivity index (χ3v) is 3.58. The quantitative estimate of drug-likeness (QED) is 0.874. The fourth-order valence-corrected chi connectivity index (χ4v) is 2.23. The van der Waals surface area contributed by atoms with Crippen molar-refractivity contribution >= 4 is 21.8 Å². The molecule has 2 N–H and O–H groups in total. The van der Waals surface area contributed by atoms with Gasteiger partial charge in [0.15, 0.2) is 0 Å². The number of carbonyl (C=O) groups is 1. The highest BCUT2D eigenvalue weighted by Gasteiger charge is 2.43. The summed E-state index contributed by atoms with van der Waals surface area (Å²) in [5, 5.41) is 12.0. The number of halogens is 1. The normalized spacial score (nSPS) is 16.6. The van der Waals surface area contributed by atoms with Gasteiger partial charge in [0.2, 0.25) is 5.91 Å². The number of aryl methyl sites for hydroxylation is 1. The van der Waals surface area contributed by atoms with Gasteiger partial charge in [-0.05, 0) is 37.0 Å². The molecule has 17 heavy (non-hydrogen) atoms. The minimum atomic E-state index is -0.297. The Morgan fingerprint density at radius 1 is 1.47 bits per heavy atom. The van der Waals surface area contributed by atoms with Gasteiger partial charge in [-0.1, -0.05) is 28.1 Å². The molecule has 0 aliphatic heterocycles. The summed E-state index contributed by atoms with van der Waals surface area (Å²) in [5.41, 5.74) is 0.845. The standard InChI is InChI=1S/C13H16BrNO2/c14-11-3-1-2-10(8-11)4-5-12(17)15-13(9-16)6-7-13/h1-3,8,16H,4-7,9H2,(H,15,17). The summed E-state index contributed by atoms with van der Waals surface area (Å²) in [6, 6.07) is 7.96. The Morgan fingerprint density at radius 2 is 2.24 bits per heavy atom. The molecular formula is C13H16BrNO2. The topological polar surface area (TPSA) is 49.3 Å². The van der Waals surface area contributed by atoms with Gasteiger partial charge in [-0.2, -0.15) is 0 Å². The van der Waals surface area contributed by atoms with Crippen LogP contribution in [0, 0.1) is 0 Å². The Bertz CT molecular complexity index is 416. The van der Waals surface area contributed by atoms with Crippen LogP contribution in [0.25, 0.3) is 0 Å². The van der Waals surface area contributed by atoms with Crippen LogP contribution in [0.5, 0.6) is 0 Å². The van der Waals surface area contributed by atoms with Crippen molar-refractivity contribution in [2.45, 2.75) is 31.2 Å². The van der Waals surface area contributed by atoms with E-state index in [0.29, 0.717) is 6.42 Å². The Balaban J connectivity index is 1.80. The second-order valence-corrected chi connectivity index (χ2v) is 5.53. The van der Waals surface area contributed by atoms with Crippen molar-refractivity contribution in [3.05, 3.63) is 34.3 Å². The van der Waals surface area contributed by atoms with Gasteiger partial charge < -0.3 is 10.4 Å². The SMILES string of the molecule is O=C(CCc1cccc(Br)c1)NC1(CO)CC1. The molecule has 1 aromatic carbocycles. The number of amides is 1. The molecule has 4 heteroatoms. The van der Waals surface area contributed by atoms with E-state index in [1.165, 1.54) is 0 Å². The molecule has 0 spiro atoms. The molecule has 1 aliphatic carbocycles. The Kier molecular flexibility index (Phi) is 3.84. The third-order valence-electron chi connectivity index (χ3n) is 3.09. The molecule has 0 heterocycles. The fourth-order valence-electron chi connectivity index (χ4n) is 1.78. The summed E-state index contributed by atoms with van der Waals surface area (Å²) in [5.74, 6) is 0.0246. The molecule has 1 aromatic rings. The highest BCUT2D eigenvalue weighted by molar-refractivity contribution is 9.10. The summed E-state index contributed by atoms with van der Waals surface area (Å²) < 4.78 is 1.03. The van der Waals surface area contributed by atoms with E-state index in [2.05, 4.69) is 21.2 Å². The maximum Gasteiger partial charge on any atom is 0.220 e. The van der Waals surface area contributed by atoms with Crippen LogP contribution in [0.15, 0.2) is 28.7 Å². The van der Waals surface area contributed by atoms with Crippen LogP contribution < -0.4 is 5.32 Å². The van der Waals surface area contributed by atoms with E-state index in [1.807, 2.05) is 24.3 Å². The summed E-state index contributed by atoms with van der Waals surface area (Å²) in [6.45, 7) is 0.0512. The van der Waals surface area contributed by atoms with E-state index in [4.69, 9.17) is 5.11 Å². The summed E-state index contributed by atoms with van der Waals surface area (Å²) in [6.07, 6.45) is 2.99. The molecule has 3 nitrogen and oxygen atoms in total.